The molecule has 14 heavy (non-hydrogen) atoms. The van der Waals surface area contributed by atoms with E-state index in [9.17, 15) is 10.1 Å². The summed E-state index contributed by atoms with van der Waals surface area (Å²) in [5, 5.41) is 10.6. The maximum Gasteiger partial charge on any atom is 0.311 e. The molecule has 0 aromatic heterocycles. The standard InChI is InChI=1S/C9H10ClNO3/c1-6-3-9(14-2)8(11(12)13)4-7(6)5-10/h3-4H,5H2,1-2H3. The number of methoxy groups -OCH3 is 1. The van der Waals surface area contributed by atoms with Crippen molar-refractivity contribution in [2.75, 3.05) is 7.11 Å². The second-order valence-electron chi connectivity index (χ2n) is 2.84. The van der Waals surface area contributed by atoms with E-state index in [4.69, 9.17) is 16.3 Å². The first kappa shape index (κ1) is 10.8. The van der Waals surface area contributed by atoms with Gasteiger partial charge in [-0.1, -0.05) is 0 Å². The number of alkyl halides is 1. The van der Waals surface area contributed by atoms with Gasteiger partial charge >= 0.3 is 5.69 Å². The van der Waals surface area contributed by atoms with Gasteiger partial charge in [0.15, 0.2) is 5.75 Å². The van der Waals surface area contributed by atoms with Crippen LogP contribution >= 0.6 is 11.6 Å². The Kier molecular flexibility index (Phi) is 3.30. The third kappa shape index (κ3) is 1.96. The Morgan fingerprint density at radius 3 is 2.64 bits per heavy atom. The predicted octanol–water partition coefficient (Wildman–Crippen LogP) is 2.65. The van der Waals surface area contributed by atoms with Crippen LogP contribution in [0.2, 0.25) is 0 Å². The molecule has 0 N–H and O–H groups in total. The highest BCUT2D eigenvalue weighted by molar-refractivity contribution is 6.17. The molecule has 1 aromatic carbocycles. The fraction of sp³-hybridized carbons (Fsp3) is 0.333. The van der Waals surface area contributed by atoms with Gasteiger partial charge < -0.3 is 4.74 Å². The number of aryl methyl sites for hydroxylation is 1. The van der Waals surface area contributed by atoms with E-state index < -0.39 is 4.92 Å². The van der Waals surface area contributed by atoms with Gasteiger partial charge in [0.25, 0.3) is 0 Å². The van der Waals surface area contributed by atoms with Gasteiger partial charge in [0, 0.05) is 11.9 Å². The highest BCUT2D eigenvalue weighted by atomic mass is 35.5. The van der Waals surface area contributed by atoms with Crippen molar-refractivity contribution in [3.8, 4) is 5.75 Å². The summed E-state index contributed by atoms with van der Waals surface area (Å²) in [5.74, 6) is 0.526. The first-order valence-corrected chi connectivity index (χ1v) is 4.51. The molecule has 0 heterocycles. The summed E-state index contributed by atoms with van der Waals surface area (Å²) in [4.78, 5) is 10.2. The topological polar surface area (TPSA) is 52.4 Å². The summed E-state index contributed by atoms with van der Waals surface area (Å²) in [7, 11) is 1.40. The maximum absolute atomic E-state index is 10.6. The van der Waals surface area contributed by atoms with Crippen molar-refractivity contribution in [3.63, 3.8) is 0 Å². The number of rotatable bonds is 3. The number of hydrogen-bond acceptors (Lipinski definition) is 3. The van der Waals surface area contributed by atoms with E-state index in [1.54, 1.807) is 6.07 Å². The van der Waals surface area contributed by atoms with E-state index in [1.165, 1.54) is 13.2 Å². The van der Waals surface area contributed by atoms with E-state index in [1.807, 2.05) is 6.92 Å². The largest absolute Gasteiger partial charge is 0.490 e. The van der Waals surface area contributed by atoms with E-state index in [2.05, 4.69) is 0 Å². The van der Waals surface area contributed by atoms with Crippen LogP contribution < -0.4 is 4.74 Å². The van der Waals surface area contributed by atoms with E-state index in [0.29, 0.717) is 0 Å². The number of halogens is 1. The van der Waals surface area contributed by atoms with Crippen LogP contribution in [0.1, 0.15) is 11.1 Å². The molecule has 0 amide bonds. The van der Waals surface area contributed by atoms with E-state index >= 15 is 0 Å². The molecule has 5 heteroatoms. The van der Waals surface area contributed by atoms with Crippen molar-refractivity contribution < 1.29 is 9.66 Å². The van der Waals surface area contributed by atoms with Gasteiger partial charge in [-0.05, 0) is 24.1 Å². The zero-order valence-electron chi connectivity index (χ0n) is 7.91. The van der Waals surface area contributed by atoms with Crippen LogP contribution in [0.3, 0.4) is 0 Å². The average molecular weight is 216 g/mol. The molecule has 76 valence electrons. The van der Waals surface area contributed by atoms with Crippen LogP contribution in [0.5, 0.6) is 5.75 Å². The van der Waals surface area contributed by atoms with Crippen LogP contribution in [-0.2, 0) is 5.88 Å². The summed E-state index contributed by atoms with van der Waals surface area (Å²) in [6.07, 6.45) is 0. The molecule has 0 unspecified atom stereocenters. The average Bonchev–Trinajstić information content (AvgIpc) is 2.16. The molecule has 0 atom stereocenters. The van der Waals surface area contributed by atoms with Gasteiger partial charge in [-0.15, -0.1) is 11.6 Å². The zero-order valence-corrected chi connectivity index (χ0v) is 8.67. The number of nitrogens with zero attached hydrogens (tertiary/aromatic N) is 1. The first-order chi connectivity index (χ1) is 6.60. The third-order valence-corrected chi connectivity index (χ3v) is 2.27. The van der Waals surface area contributed by atoms with Gasteiger partial charge in [0.05, 0.1) is 12.0 Å². The Balaban J connectivity index is 3.32. The van der Waals surface area contributed by atoms with Gasteiger partial charge in [-0.3, -0.25) is 10.1 Å². The van der Waals surface area contributed by atoms with Crippen LogP contribution in [-0.4, -0.2) is 12.0 Å². The molecule has 0 radical (unpaired) electrons. The lowest BCUT2D eigenvalue weighted by molar-refractivity contribution is -0.385. The van der Waals surface area contributed by atoms with E-state index in [-0.39, 0.29) is 17.3 Å². The third-order valence-electron chi connectivity index (χ3n) is 1.98. The molecule has 0 bridgehead atoms. The maximum atomic E-state index is 10.6. The Morgan fingerprint density at radius 1 is 1.57 bits per heavy atom. The second kappa shape index (κ2) is 4.28. The summed E-state index contributed by atoms with van der Waals surface area (Å²) >= 11 is 5.64. The summed E-state index contributed by atoms with van der Waals surface area (Å²) < 4.78 is 4.90. The van der Waals surface area contributed by atoms with E-state index in [0.717, 1.165) is 11.1 Å². The quantitative estimate of drug-likeness (QED) is 0.443. The summed E-state index contributed by atoms with van der Waals surface area (Å²) in [5.41, 5.74) is 1.59. The Morgan fingerprint density at radius 2 is 2.21 bits per heavy atom. The minimum atomic E-state index is -0.478. The number of ether oxygens (including phenoxy) is 1. The van der Waals surface area contributed by atoms with Crippen LogP contribution in [0.15, 0.2) is 12.1 Å². The molecule has 0 aliphatic rings. The molecule has 0 spiro atoms. The fourth-order valence-corrected chi connectivity index (χ4v) is 1.45. The van der Waals surface area contributed by atoms with Gasteiger partial charge in [-0.2, -0.15) is 0 Å². The van der Waals surface area contributed by atoms with Gasteiger partial charge in [0.2, 0.25) is 0 Å². The van der Waals surface area contributed by atoms with Crippen molar-refractivity contribution >= 4 is 17.3 Å². The van der Waals surface area contributed by atoms with Crippen molar-refractivity contribution in [2.24, 2.45) is 0 Å². The van der Waals surface area contributed by atoms with Crippen LogP contribution in [0.25, 0.3) is 0 Å². The molecule has 1 rings (SSSR count). The monoisotopic (exact) mass is 215 g/mol. The second-order valence-corrected chi connectivity index (χ2v) is 3.11. The minimum absolute atomic E-state index is 0.0475. The summed E-state index contributed by atoms with van der Waals surface area (Å²) in [6, 6.07) is 3.07. The lowest BCUT2D eigenvalue weighted by Crippen LogP contribution is -1.96. The van der Waals surface area contributed by atoms with Crippen LogP contribution in [0, 0.1) is 17.0 Å². The fourth-order valence-electron chi connectivity index (χ4n) is 1.16. The highest BCUT2D eigenvalue weighted by Gasteiger charge is 2.16. The van der Waals surface area contributed by atoms with Gasteiger partial charge in [-0.25, -0.2) is 0 Å². The van der Waals surface area contributed by atoms with Crippen LogP contribution in [0.4, 0.5) is 5.69 Å². The lowest BCUT2D eigenvalue weighted by Gasteiger charge is -2.06. The molecule has 4 nitrogen and oxygen atoms in total. The zero-order chi connectivity index (χ0) is 10.7. The van der Waals surface area contributed by atoms with Crippen molar-refractivity contribution in [1.82, 2.24) is 0 Å². The molecule has 0 saturated heterocycles. The molecule has 0 saturated carbocycles. The number of benzene rings is 1. The summed E-state index contributed by atoms with van der Waals surface area (Å²) in [6.45, 7) is 1.84. The Labute approximate surface area is 86.6 Å². The molecular weight excluding hydrogens is 206 g/mol. The van der Waals surface area contributed by atoms with Gasteiger partial charge in [0.1, 0.15) is 0 Å². The number of hydrogen-bond donors (Lipinski definition) is 0. The van der Waals surface area contributed by atoms with Crippen molar-refractivity contribution in [3.05, 3.63) is 33.4 Å². The number of nitro groups is 1. The Hall–Kier alpha value is -1.29. The normalized spacial score (nSPS) is 9.93. The molecular formula is C9H10ClNO3. The number of nitro benzene ring substituents is 1. The molecule has 0 fully saturated rings. The van der Waals surface area contributed by atoms with Crippen molar-refractivity contribution in [1.29, 1.82) is 0 Å². The minimum Gasteiger partial charge on any atom is -0.490 e. The molecule has 1 aromatic rings. The smallest absolute Gasteiger partial charge is 0.311 e. The molecule has 0 aliphatic heterocycles. The molecule has 0 aliphatic carbocycles. The predicted molar refractivity (Wildman–Crippen MR) is 53.9 cm³/mol. The van der Waals surface area contributed by atoms with Crippen molar-refractivity contribution in [2.45, 2.75) is 12.8 Å². The highest BCUT2D eigenvalue weighted by Crippen LogP contribution is 2.30. The lowest BCUT2D eigenvalue weighted by atomic mass is 10.1. The SMILES string of the molecule is COc1cc(C)c(CCl)cc1[N+](=O)[O-]. The first-order valence-electron chi connectivity index (χ1n) is 3.98. The Bertz CT molecular complexity index is 365.